The molecule has 0 fully saturated rings. The second-order valence-electron chi connectivity index (χ2n) is 11.2. The lowest BCUT2D eigenvalue weighted by atomic mass is 10.0. The second kappa shape index (κ2) is 10.1. The lowest BCUT2D eigenvalue weighted by Gasteiger charge is -2.22. The summed E-state index contributed by atoms with van der Waals surface area (Å²) in [6.45, 7) is 0. The van der Waals surface area contributed by atoms with Gasteiger partial charge in [0, 0.05) is 42.7 Å². The molecular weight excluding hydrogens is 555 g/mol. The van der Waals surface area contributed by atoms with Crippen LogP contribution in [-0.2, 0) is 0 Å². The second-order valence-corrected chi connectivity index (χ2v) is 12.2. The van der Waals surface area contributed by atoms with Gasteiger partial charge in [-0.2, -0.15) is 0 Å². The van der Waals surface area contributed by atoms with Gasteiger partial charge in [0.1, 0.15) is 0 Å². The van der Waals surface area contributed by atoms with Gasteiger partial charge in [0.25, 0.3) is 0 Å². The van der Waals surface area contributed by atoms with Crippen LogP contribution in [0.3, 0.4) is 0 Å². The third kappa shape index (κ3) is 3.92. The number of thiophene rings is 1. The van der Waals surface area contributed by atoms with Crippen LogP contribution < -0.4 is 5.32 Å². The Balaban J connectivity index is 1.22. The number of rotatable bonds is 4. The molecule has 0 saturated heterocycles. The van der Waals surface area contributed by atoms with Gasteiger partial charge in [0.2, 0.25) is 6.29 Å². The van der Waals surface area contributed by atoms with Crippen LogP contribution in [0.1, 0.15) is 11.9 Å². The summed E-state index contributed by atoms with van der Waals surface area (Å²) in [4.78, 5) is 5.39. The van der Waals surface area contributed by atoms with Crippen molar-refractivity contribution < 1.29 is 0 Å². The van der Waals surface area contributed by atoms with Gasteiger partial charge >= 0.3 is 0 Å². The monoisotopic (exact) mass is 581 g/mol. The van der Waals surface area contributed by atoms with Crippen molar-refractivity contribution in [1.29, 1.82) is 0 Å². The molecule has 0 aliphatic carbocycles. The van der Waals surface area contributed by atoms with Crippen LogP contribution in [0.5, 0.6) is 0 Å². The SMILES string of the molecule is C1=CC(c2cccc3c2sc2c(-c4ccccc4)cccc23)=NC(n2c3ccccc3c3ccc(-c4ccccc4)cc32)N1. The minimum atomic E-state index is -0.284. The number of nitrogens with one attached hydrogen (secondary N) is 1. The molecule has 0 spiro atoms. The van der Waals surface area contributed by atoms with Gasteiger partial charge in [-0.25, -0.2) is 4.99 Å². The zero-order chi connectivity index (χ0) is 29.0. The van der Waals surface area contributed by atoms with E-state index in [0.29, 0.717) is 0 Å². The van der Waals surface area contributed by atoms with Crippen LogP contribution in [-0.4, -0.2) is 10.3 Å². The smallest absolute Gasteiger partial charge is 0.201 e. The fourth-order valence-corrected chi connectivity index (χ4v) is 8.02. The predicted molar refractivity (Wildman–Crippen MR) is 187 cm³/mol. The molecule has 2 aromatic heterocycles. The first-order valence-corrected chi connectivity index (χ1v) is 15.7. The standard InChI is InChI=1S/C40H27N3S/c1-3-11-26(12-4-1)28-21-22-31-30-15-7-8-20-36(30)43(37(31)25-28)40-41-24-23-35(42-40)34-19-10-18-33-32-17-9-16-29(38(32)44-39(33)34)27-13-5-2-6-14-27/h1-25,40-41H. The van der Waals surface area contributed by atoms with Gasteiger partial charge < -0.3 is 9.88 Å². The molecule has 3 heterocycles. The maximum Gasteiger partial charge on any atom is 0.201 e. The normalized spacial score (nSPS) is 14.8. The third-order valence-corrected chi connectivity index (χ3v) is 9.98. The number of aliphatic imine (C=N–C) groups is 1. The highest BCUT2D eigenvalue weighted by Gasteiger charge is 2.22. The topological polar surface area (TPSA) is 29.3 Å². The van der Waals surface area contributed by atoms with Crippen LogP contribution in [0.15, 0.2) is 157 Å². The molecule has 6 aromatic carbocycles. The van der Waals surface area contributed by atoms with Crippen LogP contribution in [0.2, 0.25) is 0 Å². The molecule has 1 aliphatic heterocycles. The summed E-state index contributed by atoms with van der Waals surface area (Å²) in [6, 6.07) is 50.0. The van der Waals surface area contributed by atoms with Gasteiger partial charge in [-0.05, 0) is 40.5 Å². The number of para-hydroxylation sites is 1. The molecule has 0 amide bonds. The maximum atomic E-state index is 5.39. The van der Waals surface area contributed by atoms with Crippen molar-refractivity contribution >= 4 is 59.0 Å². The minimum absolute atomic E-state index is 0.284. The van der Waals surface area contributed by atoms with Crippen LogP contribution in [0.4, 0.5) is 0 Å². The first-order valence-electron chi connectivity index (χ1n) is 14.9. The molecule has 9 rings (SSSR count). The first-order chi connectivity index (χ1) is 21.8. The number of benzene rings is 6. The Morgan fingerprint density at radius 2 is 1.16 bits per heavy atom. The van der Waals surface area contributed by atoms with Gasteiger partial charge in [0.05, 0.1) is 16.7 Å². The van der Waals surface area contributed by atoms with Gasteiger partial charge in [-0.3, -0.25) is 0 Å². The number of aromatic nitrogens is 1. The Hall–Kier alpha value is -5.45. The molecule has 4 heteroatoms. The predicted octanol–water partition coefficient (Wildman–Crippen LogP) is 10.6. The van der Waals surface area contributed by atoms with Gasteiger partial charge in [-0.1, -0.05) is 127 Å². The first kappa shape index (κ1) is 25.1. The zero-order valence-electron chi connectivity index (χ0n) is 23.8. The molecule has 3 nitrogen and oxygen atoms in total. The summed E-state index contributed by atoms with van der Waals surface area (Å²) in [5, 5.41) is 8.59. The average Bonchev–Trinajstić information content (AvgIpc) is 3.65. The Morgan fingerprint density at radius 1 is 0.523 bits per heavy atom. The van der Waals surface area contributed by atoms with E-state index >= 15 is 0 Å². The molecular formula is C40H27N3S. The molecule has 8 aromatic rings. The van der Waals surface area contributed by atoms with Crippen molar-refractivity contribution in [3.63, 3.8) is 0 Å². The molecule has 0 bridgehead atoms. The number of allylic oxidation sites excluding steroid dienone is 1. The van der Waals surface area contributed by atoms with Crippen molar-refractivity contribution in [2.45, 2.75) is 6.29 Å². The van der Waals surface area contributed by atoms with E-state index in [-0.39, 0.29) is 6.29 Å². The van der Waals surface area contributed by atoms with Crippen molar-refractivity contribution in [2.24, 2.45) is 4.99 Å². The highest BCUT2D eigenvalue weighted by Crippen LogP contribution is 2.42. The third-order valence-electron chi connectivity index (χ3n) is 8.70. The Bertz CT molecular complexity index is 2410. The molecule has 1 atom stereocenters. The molecule has 0 radical (unpaired) electrons. The van der Waals surface area contributed by atoms with E-state index < -0.39 is 0 Å². The van der Waals surface area contributed by atoms with E-state index in [1.807, 2.05) is 11.3 Å². The van der Waals surface area contributed by atoms with Crippen LogP contribution >= 0.6 is 11.3 Å². The van der Waals surface area contributed by atoms with E-state index in [2.05, 4.69) is 162 Å². The van der Waals surface area contributed by atoms with E-state index in [9.17, 15) is 0 Å². The lowest BCUT2D eigenvalue weighted by molar-refractivity contribution is 0.499. The summed E-state index contributed by atoms with van der Waals surface area (Å²) in [5.41, 5.74) is 9.39. The number of hydrogen-bond donors (Lipinski definition) is 1. The van der Waals surface area contributed by atoms with Crippen molar-refractivity contribution in [1.82, 2.24) is 9.88 Å². The summed E-state index contributed by atoms with van der Waals surface area (Å²) in [6.07, 6.45) is 3.88. The number of fused-ring (bicyclic) bond motifs is 6. The number of nitrogens with zero attached hydrogens (tertiary/aromatic N) is 2. The molecule has 1 aliphatic rings. The zero-order valence-corrected chi connectivity index (χ0v) is 24.6. The molecule has 0 saturated carbocycles. The number of hydrogen-bond acceptors (Lipinski definition) is 3. The van der Waals surface area contributed by atoms with E-state index in [0.717, 1.165) is 22.3 Å². The largest absolute Gasteiger partial charge is 0.353 e. The Morgan fingerprint density at radius 3 is 1.95 bits per heavy atom. The van der Waals surface area contributed by atoms with Crippen LogP contribution in [0, 0.1) is 0 Å². The lowest BCUT2D eigenvalue weighted by Crippen LogP contribution is -2.25. The van der Waals surface area contributed by atoms with E-state index in [4.69, 9.17) is 4.99 Å². The highest BCUT2D eigenvalue weighted by atomic mass is 32.1. The fraction of sp³-hybridized carbons (Fsp3) is 0.0250. The van der Waals surface area contributed by atoms with Crippen molar-refractivity contribution in [3.8, 4) is 22.3 Å². The van der Waals surface area contributed by atoms with Crippen LogP contribution in [0.25, 0.3) is 64.2 Å². The minimum Gasteiger partial charge on any atom is -0.353 e. The van der Waals surface area contributed by atoms with Crippen molar-refractivity contribution in [2.75, 3.05) is 0 Å². The highest BCUT2D eigenvalue weighted by molar-refractivity contribution is 7.26. The van der Waals surface area contributed by atoms with E-state index in [1.54, 1.807) is 0 Å². The Labute approximate surface area is 259 Å². The maximum absolute atomic E-state index is 5.39. The quantitative estimate of drug-likeness (QED) is 0.220. The summed E-state index contributed by atoms with van der Waals surface area (Å²) in [5.74, 6) is 0. The van der Waals surface area contributed by atoms with Gasteiger partial charge in [-0.15, -0.1) is 11.3 Å². The van der Waals surface area contributed by atoms with Crippen molar-refractivity contribution in [3.05, 3.63) is 157 Å². The molecule has 1 unspecified atom stereocenters. The van der Waals surface area contributed by atoms with Gasteiger partial charge in [0.15, 0.2) is 0 Å². The average molecular weight is 582 g/mol. The molecule has 1 N–H and O–H groups in total. The molecule has 208 valence electrons. The fourth-order valence-electron chi connectivity index (χ4n) is 6.66. The van der Waals surface area contributed by atoms with E-state index in [1.165, 1.54) is 53.2 Å². The molecule has 44 heavy (non-hydrogen) atoms. The summed E-state index contributed by atoms with van der Waals surface area (Å²) < 4.78 is 4.93. The Kier molecular flexibility index (Phi) is 5.75. The summed E-state index contributed by atoms with van der Waals surface area (Å²) >= 11 is 1.86. The summed E-state index contributed by atoms with van der Waals surface area (Å²) in [7, 11) is 0.